The lowest BCUT2D eigenvalue weighted by molar-refractivity contribution is -0.127. The lowest BCUT2D eigenvalue weighted by atomic mass is 10.2. The van der Waals surface area contributed by atoms with Crippen LogP contribution in [-0.4, -0.2) is 70.1 Å². The van der Waals surface area contributed by atoms with Gasteiger partial charge in [0, 0.05) is 45.9 Å². The van der Waals surface area contributed by atoms with Crippen molar-refractivity contribution in [2.45, 2.75) is 12.5 Å². The van der Waals surface area contributed by atoms with Crippen molar-refractivity contribution in [1.82, 2.24) is 15.5 Å². The van der Waals surface area contributed by atoms with E-state index in [1.54, 1.807) is 33.2 Å². The van der Waals surface area contributed by atoms with Crippen LogP contribution in [0.4, 0.5) is 5.69 Å². The van der Waals surface area contributed by atoms with Gasteiger partial charge in [-0.05, 0) is 12.1 Å². The van der Waals surface area contributed by atoms with Crippen molar-refractivity contribution >= 4 is 23.5 Å². The summed E-state index contributed by atoms with van der Waals surface area (Å²) in [6, 6.07) is 7.33. The van der Waals surface area contributed by atoms with Crippen molar-refractivity contribution in [2.24, 2.45) is 4.99 Å². The molecular formula is C17H25N5O3. The number of carbonyl (C=O) groups excluding carboxylic acids is 2. The Hall–Kier alpha value is -2.77. The molecule has 8 nitrogen and oxygen atoms in total. The maximum Gasteiger partial charge on any atom is 0.241 e. The number of amides is 2. The Balaban J connectivity index is 1.96. The molecule has 1 aliphatic heterocycles. The third-order valence-corrected chi connectivity index (χ3v) is 3.96. The molecule has 2 N–H and O–H groups in total. The molecule has 1 unspecified atom stereocenters. The van der Waals surface area contributed by atoms with Gasteiger partial charge < -0.3 is 25.2 Å². The molecule has 1 aliphatic rings. The molecule has 1 fully saturated rings. The normalized spacial score (nSPS) is 17.4. The van der Waals surface area contributed by atoms with E-state index in [0.717, 1.165) is 5.69 Å². The number of likely N-dealkylation sites (N-methyl/N-ethyl adjacent to an activating group) is 1. The SMILES string of the molecule is CN=C(NCC(=O)N(C)C)NC1CC(=O)N(c2cccc(OC)c2)C1. The first kappa shape index (κ1) is 18.6. The van der Waals surface area contributed by atoms with E-state index in [1.807, 2.05) is 24.3 Å². The van der Waals surface area contributed by atoms with Crippen molar-refractivity contribution in [3.8, 4) is 5.75 Å². The van der Waals surface area contributed by atoms with Crippen molar-refractivity contribution in [1.29, 1.82) is 0 Å². The maximum atomic E-state index is 12.3. The first-order valence-corrected chi connectivity index (χ1v) is 8.06. The Kier molecular flexibility index (Phi) is 6.21. The number of benzene rings is 1. The Morgan fingerprint density at radius 1 is 1.44 bits per heavy atom. The van der Waals surface area contributed by atoms with E-state index in [0.29, 0.717) is 24.7 Å². The minimum atomic E-state index is -0.0839. The summed E-state index contributed by atoms with van der Waals surface area (Å²) in [5.41, 5.74) is 0.805. The van der Waals surface area contributed by atoms with Crippen molar-refractivity contribution < 1.29 is 14.3 Å². The van der Waals surface area contributed by atoms with Gasteiger partial charge in [-0.3, -0.25) is 14.6 Å². The van der Waals surface area contributed by atoms with Gasteiger partial charge in [0.1, 0.15) is 5.75 Å². The zero-order valence-electron chi connectivity index (χ0n) is 15.1. The van der Waals surface area contributed by atoms with Gasteiger partial charge in [-0.1, -0.05) is 6.07 Å². The first-order valence-electron chi connectivity index (χ1n) is 8.06. The molecule has 0 bridgehead atoms. The predicted octanol–water partition coefficient (Wildman–Crippen LogP) is 0.0537. The Bertz CT molecular complexity index is 659. The number of methoxy groups -OCH3 is 1. The summed E-state index contributed by atoms with van der Waals surface area (Å²) in [5.74, 6) is 1.19. The van der Waals surface area contributed by atoms with E-state index in [1.165, 1.54) is 4.90 Å². The highest BCUT2D eigenvalue weighted by molar-refractivity contribution is 5.97. The summed E-state index contributed by atoms with van der Waals surface area (Å²) < 4.78 is 5.21. The van der Waals surface area contributed by atoms with Gasteiger partial charge >= 0.3 is 0 Å². The predicted molar refractivity (Wildman–Crippen MR) is 96.9 cm³/mol. The van der Waals surface area contributed by atoms with Crippen molar-refractivity contribution in [3.05, 3.63) is 24.3 Å². The third-order valence-electron chi connectivity index (χ3n) is 3.96. The second kappa shape index (κ2) is 8.36. The number of ether oxygens (including phenoxy) is 1. The Morgan fingerprint density at radius 3 is 2.84 bits per heavy atom. The van der Waals surface area contributed by atoms with Crippen molar-refractivity contribution in [2.75, 3.05) is 46.2 Å². The molecule has 0 spiro atoms. The highest BCUT2D eigenvalue weighted by Gasteiger charge is 2.31. The highest BCUT2D eigenvalue weighted by Crippen LogP contribution is 2.25. The second-order valence-corrected chi connectivity index (χ2v) is 5.97. The van der Waals surface area contributed by atoms with Crippen LogP contribution < -0.4 is 20.3 Å². The molecule has 0 aromatic heterocycles. The number of carbonyl (C=O) groups is 2. The number of anilines is 1. The van der Waals surface area contributed by atoms with Crippen LogP contribution in [0.5, 0.6) is 5.75 Å². The smallest absolute Gasteiger partial charge is 0.241 e. The number of hydrogen-bond acceptors (Lipinski definition) is 4. The Morgan fingerprint density at radius 2 is 2.20 bits per heavy atom. The zero-order valence-corrected chi connectivity index (χ0v) is 15.1. The molecule has 136 valence electrons. The van der Waals surface area contributed by atoms with Gasteiger partial charge in [-0.2, -0.15) is 0 Å². The molecule has 1 aromatic rings. The van der Waals surface area contributed by atoms with E-state index in [-0.39, 0.29) is 24.4 Å². The number of rotatable bonds is 5. The average Bonchev–Trinajstić information content (AvgIpc) is 2.98. The molecule has 0 aliphatic carbocycles. The first-order chi connectivity index (χ1) is 11.9. The monoisotopic (exact) mass is 347 g/mol. The summed E-state index contributed by atoms with van der Waals surface area (Å²) in [4.78, 5) is 31.3. The fourth-order valence-corrected chi connectivity index (χ4v) is 2.54. The van der Waals surface area contributed by atoms with E-state index >= 15 is 0 Å². The van der Waals surface area contributed by atoms with Crippen LogP contribution in [-0.2, 0) is 9.59 Å². The molecule has 1 atom stereocenters. The average molecular weight is 347 g/mol. The summed E-state index contributed by atoms with van der Waals surface area (Å²) in [7, 11) is 6.62. The van der Waals surface area contributed by atoms with Crippen LogP contribution in [0.1, 0.15) is 6.42 Å². The summed E-state index contributed by atoms with van der Waals surface area (Å²) in [6.07, 6.45) is 0.361. The van der Waals surface area contributed by atoms with E-state index in [2.05, 4.69) is 15.6 Å². The molecule has 0 saturated carbocycles. The van der Waals surface area contributed by atoms with Gasteiger partial charge in [0.2, 0.25) is 11.8 Å². The number of hydrogen-bond donors (Lipinski definition) is 2. The van der Waals surface area contributed by atoms with Gasteiger partial charge in [-0.25, -0.2) is 0 Å². The zero-order chi connectivity index (χ0) is 18.4. The molecule has 8 heteroatoms. The minimum Gasteiger partial charge on any atom is -0.497 e. The van der Waals surface area contributed by atoms with Crippen LogP contribution in [0.15, 0.2) is 29.3 Å². The highest BCUT2D eigenvalue weighted by atomic mass is 16.5. The van der Waals surface area contributed by atoms with Gasteiger partial charge in [-0.15, -0.1) is 0 Å². The summed E-state index contributed by atoms with van der Waals surface area (Å²) in [5, 5.41) is 6.16. The third kappa shape index (κ3) is 4.85. The molecule has 1 aromatic carbocycles. The van der Waals surface area contributed by atoms with Crippen LogP contribution >= 0.6 is 0 Å². The van der Waals surface area contributed by atoms with Gasteiger partial charge in [0.05, 0.1) is 19.7 Å². The minimum absolute atomic E-state index is 0.0329. The quantitative estimate of drug-likeness (QED) is 0.581. The lowest BCUT2D eigenvalue weighted by Crippen LogP contribution is -2.47. The molecule has 1 saturated heterocycles. The maximum absolute atomic E-state index is 12.3. The van der Waals surface area contributed by atoms with Crippen LogP contribution in [0.2, 0.25) is 0 Å². The molecule has 25 heavy (non-hydrogen) atoms. The lowest BCUT2D eigenvalue weighted by Gasteiger charge is -2.19. The molecule has 0 radical (unpaired) electrons. The second-order valence-electron chi connectivity index (χ2n) is 5.97. The molecule has 1 heterocycles. The number of aliphatic imine (C=N–C) groups is 1. The topological polar surface area (TPSA) is 86.3 Å². The summed E-state index contributed by atoms with van der Waals surface area (Å²) in [6.45, 7) is 0.668. The van der Waals surface area contributed by atoms with E-state index in [4.69, 9.17) is 4.74 Å². The van der Waals surface area contributed by atoms with Crippen LogP contribution in [0, 0.1) is 0 Å². The fraction of sp³-hybridized carbons (Fsp3) is 0.471. The standard InChI is InChI=1S/C17H25N5O3/c1-18-17(19-10-16(24)21(2)3)20-12-8-15(23)22(11-12)13-6-5-7-14(9-13)25-4/h5-7,9,12H,8,10-11H2,1-4H3,(H2,18,19,20). The Labute approximate surface area is 147 Å². The number of nitrogens with one attached hydrogen (secondary N) is 2. The molecule has 2 rings (SSSR count). The van der Waals surface area contributed by atoms with Gasteiger partial charge in [0.15, 0.2) is 5.96 Å². The van der Waals surface area contributed by atoms with Gasteiger partial charge in [0.25, 0.3) is 0 Å². The number of guanidine groups is 1. The molecule has 2 amide bonds. The van der Waals surface area contributed by atoms with E-state index in [9.17, 15) is 9.59 Å². The largest absolute Gasteiger partial charge is 0.497 e. The summed E-state index contributed by atoms with van der Waals surface area (Å²) >= 11 is 0. The van der Waals surface area contributed by atoms with Crippen LogP contribution in [0.25, 0.3) is 0 Å². The van der Waals surface area contributed by atoms with E-state index < -0.39 is 0 Å². The number of nitrogens with zero attached hydrogens (tertiary/aromatic N) is 3. The molecular weight excluding hydrogens is 322 g/mol. The fourth-order valence-electron chi connectivity index (χ4n) is 2.54. The van der Waals surface area contributed by atoms with Crippen molar-refractivity contribution in [3.63, 3.8) is 0 Å². The van der Waals surface area contributed by atoms with Crippen LogP contribution in [0.3, 0.4) is 0 Å².